The van der Waals surface area contributed by atoms with Gasteiger partial charge in [0.25, 0.3) is 0 Å². The lowest BCUT2D eigenvalue weighted by atomic mass is 10.1. The van der Waals surface area contributed by atoms with Crippen LogP contribution in [0.5, 0.6) is 0 Å². The Morgan fingerprint density at radius 2 is 2.08 bits per heavy atom. The average Bonchev–Trinajstić information content (AvgIpc) is 2.30. The van der Waals surface area contributed by atoms with Gasteiger partial charge in [0.05, 0.1) is 23.5 Å². The van der Waals surface area contributed by atoms with Crippen molar-refractivity contribution in [2.75, 3.05) is 0 Å². The molecule has 0 radical (unpaired) electrons. The average molecular weight is 169 g/mol. The zero-order valence-electron chi connectivity index (χ0n) is 7.94. The molecule has 1 unspecified atom stereocenters. The molecule has 0 saturated carbocycles. The number of hydrogen-bond acceptors (Lipinski definition) is 3. The molecule has 1 heterocycles. The molecule has 0 aliphatic carbocycles. The van der Waals surface area contributed by atoms with Gasteiger partial charge in [-0.05, 0) is 27.7 Å². The van der Waals surface area contributed by atoms with Gasteiger partial charge in [-0.25, -0.2) is 4.68 Å². The van der Waals surface area contributed by atoms with Crippen LogP contribution < -0.4 is 0 Å². The van der Waals surface area contributed by atoms with Gasteiger partial charge in [0.2, 0.25) is 0 Å². The molecule has 0 aromatic carbocycles. The lowest BCUT2D eigenvalue weighted by Crippen LogP contribution is -2.26. The van der Waals surface area contributed by atoms with E-state index < -0.39 is 6.10 Å². The summed E-state index contributed by atoms with van der Waals surface area (Å²) in [5.74, 6) is 0. The molecule has 0 aliphatic heterocycles. The molecule has 1 N–H and O–H groups in total. The van der Waals surface area contributed by atoms with Crippen LogP contribution in [0.2, 0.25) is 0 Å². The smallest absolute Gasteiger partial charge is 0.0945 e. The minimum atomic E-state index is -0.515. The largest absolute Gasteiger partial charge is 0.387 e. The molecule has 0 spiro atoms. The molecule has 1 atom stereocenters. The highest BCUT2D eigenvalue weighted by Crippen LogP contribution is 2.18. The SMILES string of the molecule is CC(O)c1cnnn1C(C)(C)C. The molecule has 1 rings (SSSR count). The van der Waals surface area contributed by atoms with Gasteiger partial charge in [0.1, 0.15) is 0 Å². The molecule has 4 nitrogen and oxygen atoms in total. The van der Waals surface area contributed by atoms with Gasteiger partial charge in [-0.15, -0.1) is 5.10 Å². The summed E-state index contributed by atoms with van der Waals surface area (Å²) < 4.78 is 1.73. The monoisotopic (exact) mass is 169 g/mol. The number of aliphatic hydroxyl groups excluding tert-OH is 1. The lowest BCUT2D eigenvalue weighted by molar-refractivity contribution is 0.175. The van der Waals surface area contributed by atoms with Crippen molar-refractivity contribution in [1.82, 2.24) is 15.0 Å². The van der Waals surface area contributed by atoms with Crippen molar-refractivity contribution < 1.29 is 5.11 Å². The first-order chi connectivity index (χ1) is 5.43. The van der Waals surface area contributed by atoms with Crippen LogP contribution in [-0.2, 0) is 5.54 Å². The number of hydrogen-bond donors (Lipinski definition) is 1. The Kier molecular flexibility index (Phi) is 2.19. The van der Waals surface area contributed by atoms with Crippen molar-refractivity contribution in [3.63, 3.8) is 0 Å². The topological polar surface area (TPSA) is 50.9 Å². The highest BCUT2D eigenvalue weighted by molar-refractivity contribution is 5.00. The normalized spacial score (nSPS) is 14.8. The van der Waals surface area contributed by atoms with Crippen LogP contribution in [0.25, 0.3) is 0 Å². The lowest BCUT2D eigenvalue weighted by Gasteiger charge is -2.21. The summed E-state index contributed by atoms with van der Waals surface area (Å²) in [6.45, 7) is 7.77. The van der Waals surface area contributed by atoms with Gasteiger partial charge in [0, 0.05) is 0 Å². The molecule has 0 aliphatic rings. The van der Waals surface area contributed by atoms with Crippen molar-refractivity contribution >= 4 is 0 Å². The molecular formula is C8H15N3O. The maximum atomic E-state index is 9.36. The molecule has 0 saturated heterocycles. The van der Waals surface area contributed by atoms with E-state index in [9.17, 15) is 5.11 Å². The van der Waals surface area contributed by atoms with Gasteiger partial charge in [-0.3, -0.25) is 0 Å². The van der Waals surface area contributed by atoms with Gasteiger partial charge in [0.15, 0.2) is 0 Å². The van der Waals surface area contributed by atoms with E-state index in [0.717, 1.165) is 5.69 Å². The Labute approximate surface area is 72.2 Å². The summed E-state index contributed by atoms with van der Waals surface area (Å²) in [5, 5.41) is 17.0. The van der Waals surface area contributed by atoms with Crippen molar-refractivity contribution in [2.24, 2.45) is 0 Å². The van der Waals surface area contributed by atoms with E-state index in [-0.39, 0.29) is 5.54 Å². The van der Waals surface area contributed by atoms with Crippen molar-refractivity contribution in [1.29, 1.82) is 0 Å². The zero-order valence-corrected chi connectivity index (χ0v) is 7.94. The Hall–Kier alpha value is -0.900. The maximum absolute atomic E-state index is 9.36. The fourth-order valence-electron chi connectivity index (χ4n) is 1.05. The van der Waals surface area contributed by atoms with Crippen LogP contribution >= 0.6 is 0 Å². The first kappa shape index (κ1) is 9.19. The number of rotatable bonds is 1. The molecule has 0 bridgehead atoms. The summed E-state index contributed by atoms with van der Waals surface area (Å²) in [5.41, 5.74) is 0.630. The predicted molar refractivity (Wildman–Crippen MR) is 45.7 cm³/mol. The Balaban J connectivity index is 3.08. The second-order valence-electron chi connectivity index (χ2n) is 3.92. The molecular weight excluding hydrogens is 154 g/mol. The van der Waals surface area contributed by atoms with Crippen LogP contribution in [0, 0.1) is 0 Å². The van der Waals surface area contributed by atoms with Crippen molar-refractivity contribution in [2.45, 2.75) is 39.3 Å². The first-order valence-corrected chi connectivity index (χ1v) is 4.02. The Morgan fingerprint density at radius 1 is 1.50 bits per heavy atom. The molecule has 1 aromatic rings. The summed E-state index contributed by atoms with van der Waals surface area (Å²) in [7, 11) is 0. The van der Waals surface area contributed by atoms with E-state index in [1.54, 1.807) is 17.8 Å². The molecule has 4 heteroatoms. The van der Waals surface area contributed by atoms with Crippen LogP contribution in [0.15, 0.2) is 6.20 Å². The summed E-state index contributed by atoms with van der Waals surface area (Å²) in [4.78, 5) is 0. The minimum absolute atomic E-state index is 0.122. The van der Waals surface area contributed by atoms with Crippen molar-refractivity contribution in [3.05, 3.63) is 11.9 Å². The van der Waals surface area contributed by atoms with Crippen LogP contribution in [0.1, 0.15) is 39.5 Å². The van der Waals surface area contributed by atoms with Gasteiger partial charge in [-0.1, -0.05) is 5.21 Å². The number of aromatic nitrogens is 3. The van der Waals surface area contributed by atoms with Crippen molar-refractivity contribution in [3.8, 4) is 0 Å². The Morgan fingerprint density at radius 3 is 2.42 bits per heavy atom. The Bertz CT molecular complexity index is 260. The van der Waals surface area contributed by atoms with Gasteiger partial charge in [-0.2, -0.15) is 0 Å². The third kappa shape index (κ3) is 1.64. The van der Waals surface area contributed by atoms with E-state index >= 15 is 0 Å². The van der Waals surface area contributed by atoms with Crippen LogP contribution in [0.3, 0.4) is 0 Å². The molecule has 0 amide bonds. The first-order valence-electron chi connectivity index (χ1n) is 4.02. The number of aliphatic hydroxyl groups is 1. The van der Waals surface area contributed by atoms with Gasteiger partial charge >= 0.3 is 0 Å². The predicted octanol–water partition coefficient (Wildman–Crippen LogP) is 1.09. The van der Waals surface area contributed by atoms with Gasteiger partial charge < -0.3 is 5.11 Å². The fourth-order valence-corrected chi connectivity index (χ4v) is 1.05. The van der Waals surface area contributed by atoms with E-state index in [1.807, 2.05) is 20.8 Å². The second-order valence-corrected chi connectivity index (χ2v) is 3.92. The quantitative estimate of drug-likeness (QED) is 0.684. The second kappa shape index (κ2) is 2.86. The molecule has 12 heavy (non-hydrogen) atoms. The van der Waals surface area contributed by atoms with Crippen LogP contribution in [-0.4, -0.2) is 20.1 Å². The van der Waals surface area contributed by atoms with E-state index in [4.69, 9.17) is 0 Å². The molecule has 1 aromatic heterocycles. The standard InChI is InChI=1S/C8H15N3O/c1-6(12)7-5-9-10-11(7)8(2,3)4/h5-6,12H,1-4H3. The van der Waals surface area contributed by atoms with E-state index in [2.05, 4.69) is 10.3 Å². The fraction of sp³-hybridized carbons (Fsp3) is 0.750. The third-order valence-electron chi connectivity index (χ3n) is 1.64. The maximum Gasteiger partial charge on any atom is 0.0945 e. The summed E-state index contributed by atoms with van der Waals surface area (Å²) in [6.07, 6.45) is 1.08. The van der Waals surface area contributed by atoms with E-state index in [0.29, 0.717) is 0 Å². The number of nitrogens with zero attached hydrogens (tertiary/aromatic N) is 3. The highest BCUT2D eigenvalue weighted by Gasteiger charge is 2.20. The zero-order chi connectivity index (χ0) is 9.35. The third-order valence-corrected chi connectivity index (χ3v) is 1.64. The highest BCUT2D eigenvalue weighted by atomic mass is 16.3. The molecule has 0 fully saturated rings. The van der Waals surface area contributed by atoms with Crippen LogP contribution in [0.4, 0.5) is 0 Å². The summed E-state index contributed by atoms with van der Waals surface area (Å²) >= 11 is 0. The summed E-state index contributed by atoms with van der Waals surface area (Å²) in [6, 6.07) is 0. The molecule has 68 valence electrons. The minimum Gasteiger partial charge on any atom is -0.387 e. The van der Waals surface area contributed by atoms with E-state index in [1.165, 1.54) is 0 Å².